The fourth-order valence-electron chi connectivity index (χ4n) is 2.74. The molecule has 0 aromatic heterocycles. The molecule has 0 saturated carbocycles. The molecule has 0 bridgehead atoms. The van der Waals surface area contributed by atoms with E-state index in [2.05, 4.69) is 10.6 Å². The molecule has 0 aliphatic heterocycles. The van der Waals surface area contributed by atoms with Gasteiger partial charge in [-0.2, -0.15) is 0 Å². The van der Waals surface area contributed by atoms with Gasteiger partial charge in [0, 0.05) is 17.5 Å². The monoisotopic (exact) mass is 472 g/mol. The molecule has 3 rings (SSSR count). The molecule has 0 radical (unpaired) electrons. The van der Waals surface area contributed by atoms with E-state index in [1.165, 1.54) is 36.4 Å². The van der Waals surface area contributed by atoms with Crippen LogP contribution in [0.25, 0.3) is 0 Å². The van der Waals surface area contributed by atoms with E-state index in [4.69, 9.17) is 16.3 Å². The lowest BCUT2D eigenvalue weighted by molar-refractivity contribution is -0.118. The Bertz CT molecular complexity index is 1260. The zero-order valence-electron chi connectivity index (χ0n) is 17.4. The number of ether oxygens (including phenoxy) is 1. The lowest BCUT2D eigenvalue weighted by Gasteiger charge is -2.11. The minimum atomic E-state index is -3.44. The van der Waals surface area contributed by atoms with E-state index >= 15 is 0 Å². The highest BCUT2D eigenvalue weighted by molar-refractivity contribution is 7.90. The van der Waals surface area contributed by atoms with Gasteiger partial charge in [-0.25, -0.2) is 8.42 Å². The summed E-state index contributed by atoms with van der Waals surface area (Å²) in [6, 6.07) is 17.6. The standard InChI is InChI=1S/C23H21ClN2O5S/c1-15-6-9-18(10-7-15)31-14-22(27)25-17-8-11-21(20(24)13-17)26-23(28)16-4-3-5-19(12-16)32(2,29)30/h3-13H,14H2,1-2H3,(H,25,27)(H,26,28). The maximum atomic E-state index is 12.5. The van der Waals surface area contributed by atoms with Gasteiger partial charge in [0.2, 0.25) is 0 Å². The van der Waals surface area contributed by atoms with Crippen LogP contribution in [0, 0.1) is 6.92 Å². The molecule has 0 saturated heterocycles. The van der Waals surface area contributed by atoms with Crippen molar-refractivity contribution in [3.8, 4) is 5.75 Å². The van der Waals surface area contributed by atoms with Crippen molar-refractivity contribution in [1.29, 1.82) is 0 Å². The van der Waals surface area contributed by atoms with Crippen molar-refractivity contribution in [2.45, 2.75) is 11.8 Å². The molecular formula is C23H21ClN2O5S. The fraction of sp³-hybridized carbons (Fsp3) is 0.130. The van der Waals surface area contributed by atoms with E-state index in [9.17, 15) is 18.0 Å². The fourth-order valence-corrected chi connectivity index (χ4v) is 3.63. The van der Waals surface area contributed by atoms with Crippen molar-refractivity contribution in [2.75, 3.05) is 23.5 Å². The summed E-state index contributed by atoms with van der Waals surface area (Å²) in [4.78, 5) is 24.7. The van der Waals surface area contributed by atoms with Crippen molar-refractivity contribution in [1.82, 2.24) is 0 Å². The van der Waals surface area contributed by atoms with Gasteiger partial charge in [0.1, 0.15) is 5.75 Å². The molecule has 0 aliphatic rings. The molecule has 0 unspecified atom stereocenters. The molecule has 2 N–H and O–H groups in total. The van der Waals surface area contributed by atoms with Gasteiger partial charge >= 0.3 is 0 Å². The summed E-state index contributed by atoms with van der Waals surface area (Å²) in [5.41, 5.74) is 2.02. The highest BCUT2D eigenvalue weighted by Crippen LogP contribution is 2.26. The molecule has 0 fully saturated rings. The van der Waals surface area contributed by atoms with Gasteiger partial charge in [0.05, 0.1) is 15.6 Å². The minimum absolute atomic E-state index is 0.0437. The van der Waals surface area contributed by atoms with Crippen LogP contribution in [-0.2, 0) is 14.6 Å². The summed E-state index contributed by atoms with van der Waals surface area (Å²) in [6.07, 6.45) is 1.07. The smallest absolute Gasteiger partial charge is 0.262 e. The predicted octanol–water partition coefficient (Wildman–Crippen LogP) is 4.32. The summed E-state index contributed by atoms with van der Waals surface area (Å²) in [7, 11) is -3.44. The van der Waals surface area contributed by atoms with Crippen molar-refractivity contribution in [2.24, 2.45) is 0 Å². The zero-order chi connectivity index (χ0) is 23.3. The van der Waals surface area contributed by atoms with Gasteiger partial charge in [-0.1, -0.05) is 35.4 Å². The third-order valence-corrected chi connectivity index (χ3v) is 5.84. The highest BCUT2D eigenvalue weighted by Gasteiger charge is 2.14. The number of aryl methyl sites for hydroxylation is 1. The van der Waals surface area contributed by atoms with Crippen molar-refractivity contribution >= 4 is 44.6 Å². The van der Waals surface area contributed by atoms with Crippen LogP contribution in [0.15, 0.2) is 71.6 Å². The maximum absolute atomic E-state index is 12.5. The van der Waals surface area contributed by atoms with Crippen LogP contribution in [0.1, 0.15) is 15.9 Å². The van der Waals surface area contributed by atoms with Crippen molar-refractivity contribution in [3.05, 3.63) is 82.9 Å². The first kappa shape index (κ1) is 23.3. The molecule has 32 heavy (non-hydrogen) atoms. The molecule has 9 heteroatoms. The Morgan fingerprint density at radius 3 is 2.34 bits per heavy atom. The third-order valence-electron chi connectivity index (χ3n) is 4.42. The maximum Gasteiger partial charge on any atom is 0.262 e. The lowest BCUT2D eigenvalue weighted by atomic mass is 10.2. The number of sulfone groups is 1. The predicted molar refractivity (Wildman–Crippen MR) is 124 cm³/mol. The van der Waals surface area contributed by atoms with E-state index in [0.717, 1.165) is 11.8 Å². The minimum Gasteiger partial charge on any atom is -0.484 e. The SMILES string of the molecule is Cc1ccc(OCC(=O)Nc2ccc(NC(=O)c3cccc(S(C)(=O)=O)c3)c(Cl)c2)cc1. The Balaban J connectivity index is 1.61. The number of hydrogen-bond donors (Lipinski definition) is 2. The second-order valence-electron chi connectivity index (χ2n) is 7.10. The van der Waals surface area contributed by atoms with Gasteiger partial charge < -0.3 is 15.4 Å². The average molecular weight is 473 g/mol. The summed E-state index contributed by atoms with van der Waals surface area (Å²) in [5, 5.41) is 5.51. The molecule has 2 amide bonds. The Morgan fingerprint density at radius 1 is 0.969 bits per heavy atom. The zero-order valence-corrected chi connectivity index (χ0v) is 19.0. The van der Waals surface area contributed by atoms with Crippen LogP contribution >= 0.6 is 11.6 Å². The van der Waals surface area contributed by atoms with E-state index in [0.29, 0.717) is 17.1 Å². The molecule has 166 valence electrons. The summed E-state index contributed by atoms with van der Waals surface area (Å²) in [5.74, 6) is -0.293. The molecule has 0 spiro atoms. The molecule has 7 nitrogen and oxygen atoms in total. The van der Waals surface area contributed by atoms with Crippen LogP contribution in [0.2, 0.25) is 5.02 Å². The van der Waals surface area contributed by atoms with Crippen LogP contribution in [0.4, 0.5) is 11.4 Å². The van der Waals surface area contributed by atoms with Gasteiger partial charge in [-0.3, -0.25) is 9.59 Å². The van der Waals surface area contributed by atoms with Gasteiger partial charge in [0.15, 0.2) is 16.4 Å². The number of rotatable bonds is 7. The number of hydrogen-bond acceptors (Lipinski definition) is 5. The Hall–Kier alpha value is -3.36. The number of halogens is 1. The Labute approximate surface area is 191 Å². The summed E-state index contributed by atoms with van der Waals surface area (Å²) >= 11 is 6.24. The topological polar surface area (TPSA) is 102 Å². The number of carbonyl (C=O) groups is 2. The second kappa shape index (κ2) is 9.84. The van der Waals surface area contributed by atoms with Crippen LogP contribution in [0.3, 0.4) is 0 Å². The van der Waals surface area contributed by atoms with Crippen molar-refractivity contribution < 1.29 is 22.7 Å². The van der Waals surface area contributed by atoms with Gasteiger partial charge in [-0.15, -0.1) is 0 Å². The van der Waals surface area contributed by atoms with Crippen LogP contribution in [0.5, 0.6) is 5.75 Å². The van der Waals surface area contributed by atoms with Crippen LogP contribution < -0.4 is 15.4 Å². The summed E-state index contributed by atoms with van der Waals surface area (Å²) < 4.78 is 28.8. The van der Waals surface area contributed by atoms with E-state index < -0.39 is 15.7 Å². The largest absolute Gasteiger partial charge is 0.484 e. The molecule has 3 aromatic carbocycles. The number of nitrogens with one attached hydrogen (secondary N) is 2. The third kappa shape index (κ3) is 6.32. The first-order chi connectivity index (χ1) is 15.1. The quantitative estimate of drug-likeness (QED) is 0.533. The number of amides is 2. The molecule has 0 heterocycles. The summed E-state index contributed by atoms with van der Waals surface area (Å²) in [6.45, 7) is 1.79. The molecule has 3 aromatic rings. The molecule has 0 atom stereocenters. The molecular weight excluding hydrogens is 452 g/mol. The number of anilines is 2. The first-order valence-corrected chi connectivity index (χ1v) is 11.8. The van der Waals surface area contributed by atoms with Gasteiger partial charge in [0.25, 0.3) is 11.8 Å². The number of benzene rings is 3. The normalized spacial score (nSPS) is 11.0. The Kier molecular flexibility index (Phi) is 7.17. The molecule has 0 aliphatic carbocycles. The van der Waals surface area contributed by atoms with E-state index in [-0.39, 0.29) is 28.0 Å². The van der Waals surface area contributed by atoms with Gasteiger partial charge in [-0.05, 0) is 55.5 Å². The highest BCUT2D eigenvalue weighted by atomic mass is 35.5. The lowest BCUT2D eigenvalue weighted by Crippen LogP contribution is -2.20. The van der Waals surface area contributed by atoms with E-state index in [1.54, 1.807) is 18.2 Å². The second-order valence-corrected chi connectivity index (χ2v) is 9.52. The van der Waals surface area contributed by atoms with Crippen molar-refractivity contribution in [3.63, 3.8) is 0 Å². The van der Waals surface area contributed by atoms with E-state index in [1.807, 2.05) is 19.1 Å². The Morgan fingerprint density at radius 2 is 1.69 bits per heavy atom. The van der Waals surface area contributed by atoms with Crippen LogP contribution in [-0.4, -0.2) is 33.1 Å². The average Bonchev–Trinajstić information content (AvgIpc) is 2.74. The first-order valence-electron chi connectivity index (χ1n) is 9.52. The number of carbonyl (C=O) groups excluding carboxylic acids is 2.